The van der Waals surface area contributed by atoms with Gasteiger partial charge >= 0.3 is 0 Å². The Morgan fingerprint density at radius 2 is 1.60 bits per heavy atom. The first-order valence-corrected chi connectivity index (χ1v) is 8.90. The zero-order valence-electron chi connectivity index (χ0n) is 14.0. The highest BCUT2D eigenvalue weighted by Gasteiger charge is 2.36. The highest BCUT2D eigenvalue weighted by Crippen LogP contribution is 2.32. The Morgan fingerprint density at radius 1 is 1.00 bits per heavy atom. The van der Waals surface area contributed by atoms with E-state index in [1.54, 1.807) is 30.3 Å². The van der Waals surface area contributed by atoms with Gasteiger partial charge in [-0.3, -0.25) is 9.10 Å². The molecule has 7 heteroatoms. The van der Waals surface area contributed by atoms with Crippen LogP contribution in [0.2, 0.25) is 0 Å². The van der Waals surface area contributed by atoms with Crippen LogP contribution in [0.4, 0.5) is 0 Å². The number of ketones is 1. The van der Waals surface area contributed by atoms with Crippen LogP contribution in [-0.2, 0) is 10.0 Å². The molecule has 0 N–H and O–H groups in total. The van der Waals surface area contributed by atoms with E-state index in [1.165, 1.54) is 39.5 Å². The van der Waals surface area contributed by atoms with Crippen LogP contribution in [0.5, 0.6) is 11.5 Å². The minimum absolute atomic E-state index is 0.0165. The molecule has 0 unspecified atom stereocenters. The number of methoxy groups -OCH3 is 2. The number of allylic oxidation sites excluding steroid dienone is 1. The number of carbonyl (C=O) groups is 1. The van der Waals surface area contributed by atoms with Gasteiger partial charge in [-0.25, -0.2) is 8.42 Å². The average molecular weight is 359 g/mol. The van der Waals surface area contributed by atoms with Gasteiger partial charge in [0.25, 0.3) is 10.0 Å². The molecule has 0 spiro atoms. The molecule has 2 aromatic rings. The number of carbonyl (C=O) groups excluding carboxylic acids is 1. The Morgan fingerprint density at radius 3 is 2.20 bits per heavy atom. The van der Waals surface area contributed by atoms with Gasteiger partial charge in [0.05, 0.1) is 19.1 Å². The molecule has 0 saturated heterocycles. The Bertz CT molecular complexity index is 956. The summed E-state index contributed by atoms with van der Waals surface area (Å²) < 4.78 is 36.8. The van der Waals surface area contributed by atoms with E-state index in [-0.39, 0.29) is 21.9 Å². The molecule has 0 bridgehead atoms. The molecule has 0 aliphatic carbocycles. The third kappa shape index (κ3) is 2.87. The Labute approximate surface area is 146 Å². The van der Waals surface area contributed by atoms with Gasteiger partial charge in [0.15, 0.2) is 0 Å². The highest BCUT2D eigenvalue weighted by molar-refractivity contribution is 7.89. The van der Waals surface area contributed by atoms with Gasteiger partial charge in [-0.2, -0.15) is 0 Å². The Hall–Kier alpha value is -2.80. The van der Waals surface area contributed by atoms with Gasteiger partial charge < -0.3 is 9.47 Å². The highest BCUT2D eigenvalue weighted by atomic mass is 32.2. The fourth-order valence-corrected chi connectivity index (χ4v) is 4.04. The molecular weight excluding hydrogens is 342 g/mol. The van der Waals surface area contributed by atoms with E-state index in [2.05, 4.69) is 0 Å². The quantitative estimate of drug-likeness (QED) is 0.788. The number of rotatable bonds is 3. The van der Waals surface area contributed by atoms with Crippen molar-refractivity contribution in [3.63, 3.8) is 0 Å². The number of fused-ring (bicyclic) bond motifs is 1. The van der Waals surface area contributed by atoms with E-state index in [0.717, 1.165) is 4.31 Å². The summed E-state index contributed by atoms with van der Waals surface area (Å²) in [5.74, 6) is 0.732. The van der Waals surface area contributed by atoms with Crippen LogP contribution in [0.25, 0.3) is 6.08 Å². The summed E-state index contributed by atoms with van der Waals surface area (Å²) in [7, 11) is 0.631. The lowest BCUT2D eigenvalue weighted by molar-refractivity contribution is 0.101. The molecule has 1 heterocycles. The van der Waals surface area contributed by atoms with E-state index in [1.807, 2.05) is 0 Å². The second-order valence-corrected chi connectivity index (χ2v) is 7.41. The first-order chi connectivity index (χ1) is 11.9. The van der Waals surface area contributed by atoms with E-state index >= 15 is 0 Å². The summed E-state index contributed by atoms with van der Waals surface area (Å²) >= 11 is 0. The van der Waals surface area contributed by atoms with Gasteiger partial charge in [0.1, 0.15) is 17.2 Å². The fraction of sp³-hybridized carbons (Fsp3) is 0.167. The Balaban J connectivity index is 2.18. The van der Waals surface area contributed by atoms with Gasteiger partial charge in [0.2, 0.25) is 5.78 Å². The summed E-state index contributed by atoms with van der Waals surface area (Å²) in [6.07, 6.45) is 1.51. The third-order valence-electron chi connectivity index (χ3n) is 4.02. The number of Topliss-reactive ketones (excluding diaryl/α,β-unsaturated/α-hetero) is 1. The van der Waals surface area contributed by atoms with Crippen LogP contribution < -0.4 is 9.47 Å². The van der Waals surface area contributed by atoms with Gasteiger partial charge in [-0.1, -0.05) is 12.1 Å². The van der Waals surface area contributed by atoms with Crippen molar-refractivity contribution in [3.05, 3.63) is 59.3 Å². The lowest BCUT2D eigenvalue weighted by Crippen LogP contribution is -2.36. The number of hydrogen-bond donors (Lipinski definition) is 0. The predicted octanol–water partition coefficient (Wildman–Crippen LogP) is 2.56. The molecule has 1 aliphatic rings. The van der Waals surface area contributed by atoms with Crippen LogP contribution in [-0.4, -0.2) is 39.8 Å². The van der Waals surface area contributed by atoms with Gasteiger partial charge in [-0.05, 0) is 35.9 Å². The van der Waals surface area contributed by atoms with Crippen molar-refractivity contribution in [2.24, 2.45) is 0 Å². The molecule has 0 atom stereocenters. The third-order valence-corrected chi connectivity index (χ3v) is 5.85. The molecule has 0 saturated carbocycles. The summed E-state index contributed by atoms with van der Waals surface area (Å²) in [5.41, 5.74) is 0.830. The molecule has 130 valence electrons. The molecule has 0 fully saturated rings. The number of ether oxygens (including phenoxy) is 2. The first-order valence-electron chi connectivity index (χ1n) is 7.46. The maximum absolute atomic E-state index is 12.8. The molecular formula is C18H17NO5S. The monoisotopic (exact) mass is 359 g/mol. The van der Waals surface area contributed by atoms with Crippen molar-refractivity contribution < 1.29 is 22.7 Å². The fourth-order valence-electron chi connectivity index (χ4n) is 2.66. The molecule has 0 amide bonds. The summed E-state index contributed by atoms with van der Waals surface area (Å²) in [4.78, 5) is 12.8. The van der Waals surface area contributed by atoms with Crippen LogP contribution in [0.1, 0.15) is 15.9 Å². The molecule has 6 nitrogen and oxygen atoms in total. The minimum Gasteiger partial charge on any atom is -0.497 e. The summed E-state index contributed by atoms with van der Waals surface area (Å²) in [6.45, 7) is 0. The first kappa shape index (κ1) is 17.0. The summed E-state index contributed by atoms with van der Waals surface area (Å²) in [5, 5.41) is 0. The van der Waals surface area contributed by atoms with Crippen molar-refractivity contribution in [1.29, 1.82) is 0 Å². The van der Waals surface area contributed by atoms with Crippen LogP contribution in [0, 0.1) is 0 Å². The van der Waals surface area contributed by atoms with Crippen molar-refractivity contribution in [2.45, 2.75) is 4.90 Å². The lowest BCUT2D eigenvalue weighted by Gasteiger charge is -2.28. The smallest absolute Gasteiger partial charge is 0.264 e. The van der Waals surface area contributed by atoms with E-state index in [9.17, 15) is 13.2 Å². The van der Waals surface area contributed by atoms with E-state index in [0.29, 0.717) is 17.1 Å². The second kappa shape index (κ2) is 6.25. The number of likely N-dealkylation sites (N-methyl/N-ethyl adjacent to an activating group) is 1. The average Bonchev–Trinajstić information content (AvgIpc) is 2.63. The van der Waals surface area contributed by atoms with E-state index < -0.39 is 10.0 Å². The molecule has 25 heavy (non-hydrogen) atoms. The largest absolute Gasteiger partial charge is 0.497 e. The van der Waals surface area contributed by atoms with Gasteiger partial charge in [-0.15, -0.1) is 0 Å². The SMILES string of the molecule is COc1cc(C=C2C(=O)c3ccccc3S(=O)(=O)N2C)cc(OC)c1. The zero-order chi connectivity index (χ0) is 18.2. The minimum atomic E-state index is -3.77. The normalized spacial score (nSPS) is 17.3. The Kier molecular flexibility index (Phi) is 4.26. The van der Waals surface area contributed by atoms with Crippen LogP contribution in [0.15, 0.2) is 53.1 Å². The number of hydrogen-bond acceptors (Lipinski definition) is 5. The van der Waals surface area contributed by atoms with Crippen LogP contribution >= 0.6 is 0 Å². The molecule has 0 aromatic heterocycles. The molecule has 0 radical (unpaired) electrons. The molecule has 1 aliphatic heterocycles. The van der Waals surface area contributed by atoms with E-state index in [4.69, 9.17) is 9.47 Å². The van der Waals surface area contributed by atoms with Crippen molar-refractivity contribution in [3.8, 4) is 11.5 Å². The maximum atomic E-state index is 12.8. The zero-order valence-corrected chi connectivity index (χ0v) is 14.8. The maximum Gasteiger partial charge on any atom is 0.264 e. The number of benzene rings is 2. The second-order valence-electron chi connectivity index (χ2n) is 5.47. The molecule has 2 aromatic carbocycles. The van der Waals surface area contributed by atoms with Crippen molar-refractivity contribution >= 4 is 21.9 Å². The van der Waals surface area contributed by atoms with Crippen LogP contribution in [0.3, 0.4) is 0 Å². The topological polar surface area (TPSA) is 72.9 Å². The van der Waals surface area contributed by atoms with Crippen molar-refractivity contribution in [2.75, 3.05) is 21.3 Å². The summed E-state index contributed by atoms with van der Waals surface area (Å²) in [6, 6.07) is 11.3. The van der Waals surface area contributed by atoms with Gasteiger partial charge in [0, 0.05) is 18.7 Å². The predicted molar refractivity (Wildman–Crippen MR) is 93.2 cm³/mol. The lowest BCUT2D eigenvalue weighted by atomic mass is 10.1. The van der Waals surface area contributed by atoms with Crippen molar-refractivity contribution in [1.82, 2.24) is 4.31 Å². The number of nitrogens with zero attached hydrogens (tertiary/aromatic N) is 1. The molecule has 3 rings (SSSR count). The standard InChI is InChI=1S/C18H17NO5S/c1-19-16(10-12-8-13(23-2)11-14(9-12)24-3)18(20)15-6-4-5-7-17(15)25(19,21)22/h4-11H,1-3H3. The number of sulfonamides is 1.